The van der Waals surface area contributed by atoms with Crippen molar-refractivity contribution in [2.75, 3.05) is 26.4 Å². The molecule has 0 amide bonds. The molecule has 5 heteroatoms. The fourth-order valence-corrected chi connectivity index (χ4v) is 2.41. The Bertz CT molecular complexity index is 323. The predicted octanol–water partition coefficient (Wildman–Crippen LogP) is 3.36. The highest BCUT2D eigenvalue weighted by molar-refractivity contribution is 4.97. The summed E-state index contributed by atoms with van der Waals surface area (Å²) in [6, 6.07) is 0. The lowest BCUT2D eigenvalue weighted by Gasteiger charge is -2.50. The van der Waals surface area contributed by atoms with Crippen molar-refractivity contribution < 1.29 is 23.7 Å². The summed E-state index contributed by atoms with van der Waals surface area (Å²) in [6.07, 6.45) is 1.82. The molecule has 0 aliphatic carbocycles. The Hall–Kier alpha value is -0.460. The van der Waals surface area contributed by atoms with Crippen LogP contribution >= 0.6 is 0 Å². The molecule has 3 aliphatic rings. The number of hydrogen-bond donors (Lipinski definition) is 0. The van der Waals surface area contributed by atoms with Crippen LogP contribution in [0.5, 0.6) is 0 Å². The summed E-state index contributed by atoms with van der Waals surface area (Å²) >= 11 is 0. The van der Waals surface area contributed by atoms with Crippen molar-refractivity contribution >= 4 is 0 Å². The molecule has 0 radical (unpaired) electrons. The largest absolute Gasteiger partial charge is 0.371 e. The highest BCUT2D eigenvalue weighted by Crippen LogP contribution is 2.39. The minimum Gasteiger partial charge on any atom is -0.371 e. The van der Waals surface area contributed by atoms with Crippen molar-refractivity contribution in [3.8, 4) is 0 Å². The second-order valence-corrected chi connectivity index (χ2v) is 7.09. The molecule has 0 saturated carbocycles. The van der Waals surface area contributed by atoms with Crippen LogP contribution in [-0.4, -0.2) is 62.0 Å². The smallest absolute Gasteiger partial charge is 0.104 e. The zero-order chi connectivity index (χ0) is 18.4. The molecular weight excluding hydrogens is 308 g/mol. The van der Waals surface area contributed by atoms with E-state index in [1.54, 1.807) is 0 Å². The van der Waals surface area contributed by atoms with E-state index in [9.17, 15) is 0 Å². The summed E-state index contributed by atoms with van der Waals surface area (Å²) in [6.45, 7) is 21.3. The normalized spacial score (nSPS) is 30.9. The van der Waals surface area contributed by atoms with Gasteiger partial charge in [-0.3, -0.25) is 0 Å². The molecule has 0 bridgehead atoms. The molecule has 0 spiro atoms. The Balaban J connectivity index is 0.000000671. The molecule has 5 nitrogen and oxygen atoms in total. The van der Waals surface area contributed by atoms with Crippen LogP contribution in [0.4, 0.5) is 0 Å². The first-order valence-electron chi connectivity index (χ1n) is 9.03. The summed E-state index contributed by atoms with van der Waals surface area (Å²) in [5, 5.41) is 0. The second kappa shape index (κ2) is 9.30. The van der Waals surface area contributed by atoms with Crippen LogP contribution in [-0.2, 0) is 23.7 Å². The average Bonchev–Trinajstić information content (AvgIpc) is 3.40. The quantitative estimate of drug-likeness (QED) is 0.499. The third kappa shape index (κ3) is 6.45. The van der Waals surface area contributed by atoms with E-state index in [1.165, 1.54) is 0 Å². The van der Waals surface area contributed by atoms with E-state index < -0.39 is 0 Å². The lowest BCUT2D eigenvalue weighted by Crippen LogP contribution is -2.59. The molecule has 3 fully saturated rings. The van der Waals surface area contributed by atoms with Gasteiger partial charge >= 0.3 is 0 Å². The lowest BCUT2D eigenvalue weighted by atomic mass is 9.84. The Kier molecular flexibility index (Phi) is 8.36. The summed E-state index contributed by atoms with van der Waals surface area (Å²) in [5.74, 6) is 0. The van der Waals surface area contributed by atoms with Crippen molar-refractivity contribution in [1.82, 2.24) is 0 Å². The van der Waals surface area contributed by atoms with Crippen LogP contribution in [0.15, 0.2) is 13.2 Å². The van der Waals surface area contributed by atoms with E-state index in [0.717, 1.165) is 19.6 Å². The SMILES string of the molecule is C=C.CC.CC(C)(OCC1CO1)C1CC(C(C)(C)OCC2CO2)O1. The molecule has 24 heavy (non-hydrogen) atoms. The minimum absolute atomic E-state index is 0.131. The minimum atomic E-state index is -0.266. The number of epoxide rings is 2. The van der Waals surface area contributed by atoms with Crippen molar-refractivity contribution in [3.05, 3.63) is 13.2 Å². The molecule has 3 rings (SSSR count). The molecule has 3 saturated heterocycles. The van der Waals surface area contributed by atoms with E-state index in [-0.39, 0.29) is 23.4 Å². The average molecular weight is 344 g/mol. The van der Waals surface area contributed by atoms with Gasteiger partial charge in [-0.05, 0) is 27.7 Å². The first-order valence-corrected chi connectivity index (χ1v) is 9.03. The second-order valence-electron chi connectivity index (χ2n) is 7.09. The lowest BCUT2D eigenvalue weighted by molar-refractivity contribution is -0.269. The van der Waals surface area contributed by atoms with Crippen LogP contribution in [0.1, 0.15) is 48.0 Å². The molecule has 4 atom stereocenters. The fraction of sp³-hybridized carbons (Fsp3) is 0.895. The van der Waals surface area contributed by atoms with Gasteiger partial charge in [-0.25, -0.2) is 0 Å². The fourth-order valence-electron chi connectivity index (χ4n) is 2.41. The zero-order valence-corrected chi connectivity index (χ0v) is 16.3. The number of hydrogen-bond acceptors (Lipinski definition) is 5. The molecule has 3 aliphatic heterocycles. The summed E-state index contributed by atoms with van der Waals surface area (Å²) in [4.78, 5) is 0. The van der Waals surface area contributed by atoms with Gasteiger partial charge in [-0.1, -0.05) is 13.8 Å². The highest BCUT2D eigenvalue weighted by atomic mass is 16.6. The molecular formula is C19H36O5. The summed E-state index contributed by atoms with van der Waals surface area (Å²) < 4.78 is 28.2. The maximum atomic E-state index is 6.04. The van der Waals surface area contributed by atoms with Crippen molar-refractivity contribution in [1.29, 1.82) is 0 Å². The molecule has 0 N–H and O–H groups in total. The highest BCUT2D eigenvalue weighted by Gasteiger charge is 2.49. The van der Waals surface area contributed by atoms with Gasteiger partial charge in [0.1, 0.15) is 12.2 Å². The van der Waals surface area contributed by atoms with Gasteiger partial charge in [0, 0.05) is 6.42 Å². The summed E-state index contributed by atoms with van der Waals surface area (Å²) in [7, 11) is 0. The van der Waals surface area contributed by atoms with Crippen LogP contribution in [0.3, 0.4) is 0 Å². The molecule has 4 unspecified atom stereocenters. The maximum Gasteiger partial charge on any atom is 0.104 e. The molecule has 0 aromatic carbocycles. The van der Waals surface area contributed by atoms with Gasteiger partial charge in [0.25, 0.3) is 0 Å². The van der Waals surface area contributed by atoms with E-state index in [0.29, 0.717) is 25.4 Å². The van der Waals surface area contributed by atoms with Gasteiger partial charge < -0.3 is 23.7 Å². The summed E-state index contributed by atoms with van der Waals surface area (Å²) in [5.41, 5.74) is -0.531. The van der Waals surface area contributed by atoms with Crippen LogP contribution in [0, 0.1) is 0 Å². The number of rotatable bonds is 8. The topological polar surface area (TPSA) is 52.8 Å². The third-order valence-electron chi connectivity index (χ3n) is 4.39. The first-order chi connectivity index (χ1) is 11.4. The first kappa shape index (κ1) is 21.6. The zero-order valence-electron chi connectivity index (χ0n) is 16.3. The molecule has 142 valence electrons. The van der Waals surface area contributed by atoms with Gasteiger partial charge in [0.05, 0.1) is 49.8 Å². The molecule has 0 aromatic heterocycles. The Morgan fingerprint density at radius 1 is 0.833 bits per heavy atom. The Morgan fingerprint density at radius 3 is 1.38 bits per heavy atom. The van der Waals surface area contributed by atoms with Gasteiger partial charge in [0.15, 0.2) is 0 Å². The van der Waals surface area contributed by atoms with Crippen LogP contribution < -0.4 is 0 Å². The Morgan fingerprint density at radius 2 is 1.12 bits per heavy atom. The predicted molar refractivity (Wildman–Crippen MR) is 95.4 cm³/mol. The maximum absolute atomic E-state index is 6.04. The standard InChI is InChI=1S/C15H26O5.C2H6.C2H4/c1-14(2,18-8-10-6-16-10)12-5-13(20-12)15(3,4)19-9-11-7-17-11;2*1-2/h10-13H,5-9H2,1-4H3;1-2H3;1-2H2. The van der Waals surface area contributed by atoms with Crippen LogP contribution in [0.2, 0.25) is 0 Å². The van der Waals surface area contributed by atoms with Crippen molar-refractivity contribution in [2.24, 2.45) is 0 Å². The van der Waals surface area contributed by atoms with Gasteiger partial charge in [-0.15, -0.1) is 13.2 Å². The molecule has 0 aromatic rings. The van der Waals surface area contributed by atoms with Gasteiger partial charge in [-0.2, -0.15) is 0 Å². The van der Waals surface area contributed by atoms with E-state index in [4.69, 9.17) is 23.7 Å². The van der Waals surface area contributed by atoms with E-state index in [2.05, 4.69) is 40.9 Å². The van der Waals surface area contributed by atoms with Crippen molar-refractivity contribution in [3.63, 3.8) is 0 Å². The van der Waals surface area contributed by atoms with Crippen LogP contribution in [0.25, 0.3) is 0 Å². The van der Waals surface area contributed by atoms with E-state index >= 15 is 0 Å². The van der Waals surface area contributed by atoms with Crippen molar-refractivity contribution in [2.45, 2.75) is 83.6 Å². The Labute approximate surface area is 147 Å². The third-order valence-corrected chi connectivity index (χ3v) is 4.39. The monoisotopic (exact) mass is 344 g/mol. The van der Waals surface area contributed by atoms with E-state index in [1.807, 2.05) is 13.8 Å². The molecule has 3 heterocycles. The van der Waals surface area contributed by atoms with Gasteiger partial charge in [0.2, 0.25) is 0 Å². The number of ether oxygens (including phenoxy) is 5.